The van der Waals surface area contributed by atoms with Gasteiger partial charge in [0.2, 0.25) is 0 Å². The number of para-hydroxylation sites is 1. The summed E-state index contributed by atoms with van der Waals surface area (Å²) >= 11 is 1.70. The molecule has 1 unspecified atom stereocenters. The Bertz CT molecular complexity index is 658. The van der Waals surface area contributed by atoms with Crippen LogP contribution in [-0.2, 0) is 4.79 Å². The maximum absolute atomic E-state index is 12.6. The summed E-state index contributed by atoms with van der Waals surface area (Å²) in [4.78, 5) is 13.6. The lowest BCUT2D eigenvalue weighted by Gasteiger charge is -2.18. The van der Waals surface area contributed by atoms with Crippen LogP contribution < -0.4 is 14.8 Å². The van der Waals surface area contributed by atoms with Gasteiger partial charge in [0, 0.05) is 4.90 Å². The van der Waals surface area contributed by atoms with Crippen LogP contribution in [0.5, 0.6) is 11.5 Å². The molecule has 2 rings (SSSR count). The van der Waals surface area contributed by atoms with Gasteiger partial charge in [-0.25, -0.2) is 0 Å². The first-order valence-electron chi connectivity index (χ1n) is 8.01. The van der Waals surface area contributed by atoms with Crippen molar-refractivity contribution in [3.8, 4) is 11.5 Å². The SMILES string of the molecule is CCSc1ccccc1NC(=O)C(CC)Oc1ccc(OC)cc1. The highest BCUT2D eigenvalue weighted by Gasteiger charge is 2.19. The predicted octanol–water partition coefficient (Wildman–Crippen LogP) is 4.60. The lowest BCUT2D eigenvalue weighted by molar-refractivity contribution is -0.122. The zero-order valence-electron chi connectivity index (χ0n) is 14.2. The number of methoxy groups -OCH3 is 1. The Labute approximate surface area is 147 Å². The third-order valence-corrected chi connectivity index (χ3v) is 4.40. The molecule has 0 bridgehead atoms. The lowest BCUT2D eigenvalue weighted by Crippen LogP contribution is -2.32. The first kappa shape index (κ1) is 18.2. The second kappa shape index (κ2) is 9.23. The number of carbonyl (C=O) groups is 1. The average molecular weight is 345 g/mol. The number of hydrogen-bond acceptors (Lipinski definition) is 4. The van der Waals surface area contributed by atoms with Crippen molar-refractivity contribution in [1.82, 2.24) is 0 Å². The average Bonchev–Trinajstić information content (AvgIpc) is 2.62. The first-order valence-corrected chi connectivity index (χ1v) is 8.99. The zero-order valence-corrected chi connectivity index (χ0v) is 15.1. The van der Waals surface area contributed by atoms with Gasteiger partial charge in [0.1, 0.15) is 11.5 Å². The van der Waals surface area contributed by atoms with Crippen LogP contribution in [-0.4, -0.2) is 24.9 Å². The summed E-state index contributed by atoms with van der Waals surface area (Å²) in [6.45, 7) is 4.02. The molecular weight excluding hydrogens is 322 g/mol. The van der Waals surface area contributed by atoms with E-state index in [4.69, 9.17) is 9.47 Å². The van der Waals surface area contributed by atoms with Gasteiger partial charge in [-0.2, -0.15) is 0 Å². The lowest BCUT2D eigenvalue weighted by atomic mass is 10.2. The minimum Gasteiger partial charge on any atom is -0.497 e. The van der Waals surface area contributed by atoms with Crippen LogP contribution in [0.1, 0.15) is 20.3 Å². The van der Waals surface area contributed by atoms with E-state index in [0.29, 0.717) is 12.2 Å². The Kier molecular flexibility index (Phi) is 7.00. The van der Waals surface area contributed by atoms with Gasteiger partial charge in [-0.1, -0.05) is 26.0 Å². The van der Waals surface area contributed by atoms with Gasteiger partial charge in [0.05, 0.1) is 12.8 Å². The Morgan fingerprint density at radius 2 is 1.75 bits per heavy atom. The van der Waals surface area contributed by atoms with Crippen LogP contribution in [0.15, 0.2) is 53.4 Å². The maximum Gasteiger partial charge on any atom is 0.265 e. The van der Waals surface area contributed by atoms with Crippen molar-refractivity contribution in [2.45, 2.75) is 31.3 Å². The molecule has 2 aromatic carbocycles. The Balaban J connectivity index is 2.05. The number of amides is 1. The maximum atomic E-state index is 12.6. The van der Waals surface area contributed by atoms with Crippen molar-refractivity contribution in [3.63, 3.8) is 0 Å². The minimum atomic E-state index is -0.543. The van der Waals surface area contributed by atoms with Crippen LogP contribution in [0.4, 0.5) is 5.69 Å². The molecule has 0 radical (unpaired) electrons. The Morgan fingerprint density at radius 1 is 1.08 bits per heavy atom. The van der Waals surface area contributed by atoms with E-state index in [0.717, 1.165) is 22.1 Å². The molecular formula is C19H23NO3S. The standard InChI is InChI=1S/C19H23NO3S/c1-4-17(23-15-12-10-14(22-3)11-13-15)19(21)20-16-8-6-7-9-18(16)24-5-2/h6-13,17H,4-5H2,1-3H3,(H,20,21). The largest absolute Gasteiger partial charge is 0.497 e. The van der Waals surface area contributed by atoms with Gasteiger partial charge >= 0.3 is 0 Å². The molecule has 0 spiro atoms. The van der Waals surface area contributed by atoms with Gasteiger partial charge in [-0.3, -0.25) is 4.79 Å². The van der Waals surface area contributed by atoms with E-state index in [9.17, 15) is 4.79 Å². The predicted molar refractivity (Wildman–Crippen MR) is 99.2 cm³/mol. The van der Waals surface area contributed by atoms with Crippen molar-refractivity contribution in [1.29, 1.82) is 0 Å². The fourth-order valence-electron chi connectivity index (χ4n) is 2.21. The molecule has 1 N–H and O–H groups in total. The van der Waals surface area contributed by atoms with Gasteiger partial charge < -0.3 is 14.8 Å². The first-order chi connectivity index (χ1) is 11.7. The molecule has 1 amide bonds. The summed E-state index contributed by atoms with van der Waals surface area (Å²) in [6, 6.07) is 15.0. The Hall–Kier alpha value is -2.14. The van der Waals surface area contributed by atoms with Crippen LogP contribution in [0.25, 0.3) is 0 Å². The molecule has 128 valence electrons. The van der Waals surface area contributed by atoms with E-state index >= 15 is 0 Å². The summed E-state index contributed by atoms with van der Waals surface area (Å²) in [5, 5.41) is 2.98. The quantitative estimate of drug-likeness (QED) is 0.710. The molecule has 0 aromatic heterocycles. The van der Waals surface area contributed by atoms with E-state index in [2.05, 4.69) is 12.2 Å². The van der Waals surface area contributed by atoms with Gasteiger partial charge in [-0.05, 0) is 48.6 Å². The molecule has 24 heavy (non-hydrogen) atoms. The van der Waals surface area contributed by atoms with E-state index < -0.39 is 6.10 Å². The monoisotopic (exact) mass is 345 g/mol. The summed E-state index contributed by atoms with van der Waals surface area (Å²) < 4.78 is 10.9. The Morgan fingerprint density at radius 3 is 2.38 bits per heavy atom. The zero-order chi connectivity index (χ0) is 17.4. The van der Waals surface area contributed by atoms with Crippen LogP contribution >= 0.6 is 11.8 Å². The number of hydrogen-bond donors (Lipinski definition) is 1. The number of benzene rings is 2. The summed E-state index contributed by atoms with van der Waals surface area (Å²) in [6.07, 6.45) is 0.0408. The molecule has 2 aromatic rings. The molecule has 0 saturated heterocycles. The molecule has 0 fully saturated rings. The molecule has 0 aliphatic carbocycles. The molecule has 4 nitrogen and oxygen atoms in total. The number of nitrogens with one attached hydrogen (secondary N) is 1. The molecule has 0 aliphatic heterocycles. The third-order valence-electron chi connectivity index (χ3n) is 3.45. The summed E-state index contributed by atoms with van der Waals surface area (Å²) in [7, 11) is 1.61. The number of rotatable bonds is 8. The number of carbonyl (C=O) groups excluding carboxylic acids is 1. The highest BCUT2D eigenvalue weighted by atomic mass is 32.2. The fourth-order valence-corrected chi connectivity index (χ4v) is 2.97. The topological polar surface area (TPSA) is 47.6 Å². The normalized spacial score (nSPS) is 11.6. The highest BCUT2D eigenvalue weighted by molar-refractivity contribution is 7.99. The van der Waals surface area contributed by atoms with Crippen molar-refractivity contribution < 1.29 is 14.3 Å². The summed E-state index contributed by atoms with van der Waals surface area (Å²) in [5.41, 5.74) is 0.825. The fraction of sp³-hybridized carbons (Fsp3) is 0.316. The smallest absolute Gasteiger partial charge is 0.265 e. The molecule has 0 saturated carbocycles. The van der Waals surface area contributed by atoms with Crippen LogP contribution in [0.3, 0.4) is 0 Å². The molecule has 0 aliphatic rings. The highest BCUT2D eigenvalue weighted by Crippen LogP contribution is 2.27. The van der Waals surface area contributed by atoms with E-state index in [1.54, 1.807) is 31.0 Å². The minimum absolute atomic E-state index is 0.141. The van der Waals surface area contributed by atoms with E-state index in [1.165, 1.54) is 0 Å². The van der Waals surface area contributed by atoms with Crippen LogP contribution in [0, 0.1) is 0 Å². The molecule has 5 heteroatoms. The second-order valence-electron chi connectivity index (χ2n) is 5.11. The van der Waals surface area contributed by atoms with Crippen molar-refractivity contribution in [2.24, 2.45) is 0 Å². The number of anilines is 1. The van der Waals surface area contributed by atoms with Crippen molar-refractivity contribution >= 4 is 23.4 Å². The van der Waals surface area contributed by atoms with Crippen LogP contribution in [0.2, 0.25) is 0 Å². The number of ether oxygens (including phenoxy) is 2. The third kappa shape index (κ3) is 4.93. The van der Waals surface area contributed by atoms with Crippen molar-refractivity contribution in [3.05, 3.63) is 48.5 Å². The van der Waals surface area contributed by atoms with Gasteiger partial charge in [0.15, 0.2) is 6.10 Å². The van der Waals surface area contributed by atoms with E-state index in [1.807, 2.05) is 43.3 Å². The summed E-state index contributed by atoms with van der Waals surface area (Å²) in [5.74, 6) is 2.21. The van der Waals surface area contributed by atoms with Gasteiger partial charge in [0.25, 0.3) is 5.91 Å². The van der Waals surface area contributed by atoms with Crippen molar-refractivity contribution in [2.75, 3.05) is 18.2 Å². The van der Waals surface area contributed by atoms with E-state index in [-0.39, 0.29) is 5.91 Å². The van der Waals surface area contributed by atoms with Gasteiger partial charge in [-0.15, -0.1) is 11.8 Å². The number of thioether (sulfide) groups is 1. The molecule has 0 heterocycles. The molecule has 1 atom stereocenters. The second-order valence-corrected chi connectivity index (χ2v) is 6.41.